The number of fused-ring (bicyclic) bond motifs is 5. The van der Waals surface area contributed by atoms with Crippen molar-refractivity contribution in [2.24, 2.45) is 0 Å². The number of hydrogen-bond donors (Lipinski definition) is 0. The van der Waals surface area contributed by atoms with Crippen LogP contribution in [0.1, 0.15) is 16.8 Å². The normalized spacial score (nSPS) is 20.8. The summed E-state index contributed by atoms with van der Waals surface area (Å²) in [6.07, 6.45) is 1.75. The quantitative estimate of drug-likeness (QED) is 0.576. The third-order valence-corrected chi connectivity index (χ3v) is 6.39. The van der Waals surface area contributed by atoms with Crippen LogP contribution in [0.15, 0.2) is 59.2 Å². The summed E-state index contributed by atoms with van der Waals surface area (Å²) in [4.78, 5) is 20.2. The maximum absolute atomic E-state index is 13.9. The van der Waals surface area contributed by atoms with Gasteiger partial charge in [0.2, 0.25) is 5.91 Å². The summed E-state index contributed by atoms with van der Waals surface area (Å²) < 4.78 is 18.4. The number of pyridine rings is 1. The maximum atomic E-state index is 13.9. The molecular weight excluding hydrogens is 448 g/mol. The highest BCUT2D eigenvalue weighted by molar-refractivity contribution is 9.10. The molecule has 0 bridgehead atoms. The first-order valence-corrected chi connectivity index (χ1v) is 10.5. The number of ether oxygens (including phenoxy) is 3. The Morgan fingerprint density at radius 2 is 1.77 bits per heavy atom. The zero-order valence-corrected chi connectivity index (χ0v) is 17.5. The van der Waals surface area contributed by atoms with Gasteiger partial charge in [-0.05, 0) is 45.8 Å². The molecule has 6 nitrogen and oxygen atoms in total. The molecule has 2 aromatic carbocycles. The van der Waals surface area contributed by atoms with Gasteiger partial charge in [0.25, 0.3) is 0 Å². The van der Waals surface area contributed by atoms with Gasteiger partial charge in [-0.3, -0.25) is 9.78 Å². The van der Waals surface area contributed by atoms with Crippen LogP contribution in [0.3, 0.4) is 0 Å². The van der Waals surface area contributed by atoms with E-state index in [1.165, 1.54) is 0 Å². The lowest BCUT2D eigenvalue weighted by Gasteiger charge is -2.24. The van der Waals surface area contributed by atoms with E-state index in [1.54, 1.807) is 11.1 Å². The van der Waals surface area contributed by atoms with Crippen molar-refractivity contribution in [2.45, 2.75) is 12.0 Å². The Hall–Kier alpha value is -3.06. The highest BCUT2D eigenvalue weighted by atomic mass is 79.9. The number of hydrogen-bond acceptors (Lipinski definition) is 5. The van der Waals surface area contributed by atoms with Crippen LogP contribution in [0, 0.1) is 0 Å². The number of benzene rings is 2. The van der Waals surface area contributed by atoms with Crippen LogP contribution in [0.5, 0.6) is 17.2 Å². The number of carbonyl (C=O) groups is 1. The summed E-state index contributed by atoms with van der Waals surface area (Å²) in [5.74, 6) is 1.98. The summed E-state index contributed by atoms with van der Waals surface area (Å²) in [5, 5.41) is 0. The summed E-state index contributed by atoms with van der Waals surface area (Å²) in [6.45, 7) is 1.65. The molecule has 0 fully saturated rings. The molecule has 1 spiro atoms. The Morgan fingerprint density at radius 1 is 0.967 bits per heavy atom. The first-order valence-electron chi connectivity index (χ1n) is 9.76. The molecule has 0 aliphatic carbocycles. The van der Waals surface area contributed by atoms with E-state index in [0.29, 0.717) is 37.0 Å². The Bertz CT molecular complexity index is 1180. The number of anilines is 1. The van der Waals surface area contributed by atoms with Crippen LogP contribution in [0.4, 0.5) is 5.69 Å². The first kappa shape index (κ1) is 17.8. The van der Waals surface area contributed by atoms with Gasteiger partial charge in [-0.1, -0.05) is 18.2 Å². The van der Waals surface area contributed by atoms with Crippen molar-refractivity contribution in [3.63, 3.8) is 0 Å². The number of carbonyl (C=O) groups excluding carboxylic acids is 1. The fourth-order valence-corrected chi connectivity index (χ4v) is 4.76. The first-order chi connectivity index (χ1) is 14.7. The van der Waals surface area contributed by atoms with E-state index in [-0.39, 0.29) is 12.5 Å². The largest absolute Gasteiger partial charge is 0.491 e. The summed E-state index contributed by atoms with van der Waals surface area (Å²) in [6, 6.07) is 15.5. The third-order valence-electron chi connectivity index (χ3n) is 5.92. The number of para-hydroxylation sites is 1. The Kier molecular flexibility index (Phi) is 3.83. The number of halogens is 1. The average molecular weight is 465 g/mol. The molecule has 3 aliphatic heterocycles. The van der Waals surface area contributed by atoms with Crippen molar-refractivity contribution in [1.29, 1.82) is 0 Å². The Labute approximate surface area is 181 Å². The predicted octanol–water partition coefficient (Wildman–Crippen LogP) is 3.84. The van der Waals surface area contributed by atoms with Gasteiger partial charge in [0.05, 0.1) is 12.2 Å². The molecule has 6 rings (SSSR count). The summed E-state index contributed by atoms with van der Waals surface area (Å²) >= 11 is 3.41. The molecule has 0 saturated heterocycles. The van der Waals surface area contributed by atoms with Crippen molar-refractivity contribution in [3.8, 4) is 17.2 Å². The minimum Gasteiger partial charge on any atom is -0.491 e. The van der Waals surface area contributed by atoms with Gasteiger partial charge in [0, 0.05) is 28.0 Å². The predicted molar refractivity (Wildman–Crippen MR) is 113 cm³/mol. The van der Waals surface area contributed by atoms with Crippen LogP contribution >= 0.6 is 15.9 Å². The van der Waals surface area contributed by atoms with Gasteiger partial charge in [0.1, 0.15) is 31.0 Å². The second-order valence-electron chi connectivity index (χ2n) is 7.56. The SMILES string of the molecule is O=C1N(Cc2ccc(Br)cn2)c2ccccc2C12COc1cc3c(cc12)OCCO3. The molecule has 1 amide bonds. The standard InChI is InChI=1S/C23H17BrN2O4/c24-14-5-6-15(25-11-14)12-26-18-4-2-1-3-16(18)23(22(26)27)13-30-19-10-21-20(9-17(19)23)28-7-8-29-21/h1-6,9-11H,7-8,12-13H2. The van der Waals surface area contributed by atoms with Crippen molar-refractivity contribution in [3.05, 3.63) is 76.0 Å². The van der Waals surface area contributed by atoms with Crippen LogP contribution in [-0.4, -0.2) is 30.7 Å². The lowest BCUT2D eigenvalue weighted by molar-refractivity contribution is -0.122. The maximum Gasteiger partial charge on any atom is 0.246 e. The van der Waals surface area contributed by atoms with E-state index >= 15 is 0 Å². The van der Waals surface area contributed by atoms with Gasteiger partial charge in [-0.25, -0.2) is 0 Å². The van der Waals surface area contributed by atoms with Gasteiger partial charge < -0.3 is 19.1 Å². The number of nitrogens with zero attached hydrogens (tertiary/aromatic N) is 2. The molecule has 150 valence electrons. The molecule has 0 saturated carbocycles. The Morgan fingerprint density at radius 3 is 2.57 bits per heavy atom. The topological polar surface area (TPSA) is 60.9 Å². The minimum absolute atomic E-state index is 0.0103. The lowest BCUT2D eigenvalue weighted by atomic mass is 9.77. The van der Waals surface area contributed by atoms with Gasteiger partial charge >= 0.3 is 0 Å². The van der Waals surface area contributed by atoms with E-state index < -0.39 is 5.41 Å². The van der Waals surface area contributed by atoms with Crippen LogP contribution in [-0.2, 0) is 16.8 Å². The van der Waals surface area contributed by atoms with Crippen LogP contribution in [0.25, 0.3) is 0 Å². The summed E-state index contributed by atoms with van der Waals surface area (Å²) in [5.41, 5.74) is 2.59. The van der Waals surface area contributed by atoms with Crippen LogP contribution < -0.4 is 19.1 Å². The highest BCUT2D eigenvalue weighted by Gasteiger charge is 2.57. The lowest BCUT2D eigenvalue weighted by Crippen LogP contribution is -2.42. The fourth-order valence-electron chi connectivity index (χ4n) is 4.53. The zero-order chi connectivity index (χ0) is 20.3. The van der Waals surface area contributed by atoms with Crippen molar-refractivity contribution < 1.29 is 19.0 Å². The number of rotatable bonds is 2. The van der Waals surface area contributed by atoms with E-state index in [9.17, 15) is 4.79 Å². The highest BCUT2D eigenvalue weighted by Crippen LogP contribution is 2.54. The van der Waals surface area contributed by atoms with Crippen LogP contribution in [0.2, 0.25) is 0 Å². The molecule has 3 aromatic rings. The molecule has 1 aromatic heterocycles. The number of amides is 1. The molecule has 0 radical (unpaired) electrons. The monoisotopic (exact) mass is 464 g/mol. The zero-order valence-electron chi connectivity index (χ0n) is 15.9. The van der Waals surface area contributed by atoms with E-state index in [4.69, 9.17) is 14.2 Å². The fraction of sp³-hybridized carbons (Fsp3) is 0.217. The minimum atomic E-state index is -0.892. The van der Waals surface area contributed by atoms with Gasteiger partial charge in [0.15, 0.2) is 11.5 Å². The van der Waals surface area contributed by atoms with E-state index in [2.05, 4.69) is 20.9 Å². The third kappa shape index (κ3) is 2.41. The molecule has 7 heteroatoms. The smallest absolute Gasteiger partial charge is 0.246 e. The summed E-state index contributed by atoms with van der Waals surface area (Å²) in [7, 11) is 0. The molecule has 1 atom stereocenters. The van der Waals surface area contributed by atoms with Crippen molar-refractivity contribution in [2.75, 3.05) is 24.7 Å². The average Bonchev–Trinajstić information content (AvgIpc) is 3.26. The van der Waals surface area contributed by atoms with E-state index in [0.717, 1.165) is 27.0 Å². The van der Waals surface area contributed by atoms with Gasteiger partial charge in [-0.15, -0.1) is 0 Å². The molecule has 1 unspecified atom stereocenters. The van der Waals surface area contributed by atoms with Crippen molar-refractivity contribution >= 4 is 27.5 Å². The van der Waals surface area contributed by atoms with Crippen molar-refractivity contribution in [1.82, 2.24) is 4.98 Å². The molecule has 4 heterocycles. The molecule has 0 N–H and O–H groups in total. The van der Waals surface area contributed by atoms with Gasteiger partial charge in [-0.2, -0.15) is 0 Å². The second kappa shape index (κ2) is 6.47. The number of aromatic nitrogens is 1. The molecule has 3 aliphatic rings. The second-order valence-corrected chi connectivity index (χ2v) is 8.48. The Balaban J connectivity index is 1.48. The molecule has 30 heavy (non-hydrogen) atoms. The van der Waals surface area contributed by atoms with E-state index in [1.807, 2.05) is 48.5 Å². The molecular formula is C23H17BrN2O4.